The minimum Gasteiger partial charge on any atom is -0.511 e. The van der Waals surface area contributed by atoms with Crippen molar-refractivity contribution >= 4 is 27.9 Å². The first-order chi connectivity index (χ1) is 8.89. The van der Waals surface area contributed by atoms with Gasteiger partial charge in [0.05, 0.1) is 11.3 Å². The Balaban J connectivity index is 2.92. The monoisotopic (exact) mass is 325 g/mol. The summed E-state index contributed by atoms with van der Waals surface area (Å²) in [5.41, 5.74) is 0.931. The van der Waals surface area contributed by atoms with Crippen LogP contribution in [0.5, 0.6) is 0 Å². The van der Waals surface area contributed by atoms with Crippen molar-refractivity contribution < 1.29 is 9.90 Å². The molecule has 0 saturated heterocycles. The maximum absolute atomic E-state index is 12.0. The maximum atomic E-state index is 12.0. The van der Waals surface area contributed by atoms with Crippen molar-refractivity contribution in [1.82, 2.24) is 0 Å². The highest BCUT2D eigenvalue weighted by Crippen LogP contribution is 2.35. The van der Waals surface area contributed by atoms with Crippen LogP contribution in [0, 0.1) is 5.41 Å². The number of aliphatic hydroxyl groups is 1. The molecule has 1 rings (SSSR count). The lowest BCUT2D eigenvalue weighted by molar-refractivity contribution is -0.117. The van der Waals surface area contributed by atoms with E-state index >= 15 is 0 Å². The number of carbonyl (C=O) groups excluding carboxylic acids is 1. The molecular weight excluding hydrogens is 306 g/mol. The number of nitrogens with zero attached hydrogens (tertiary/aromatic N) is 1. The lowest BCUT2D eigenvalue weighted by Gasteiger charge is -2.28. The zero-order valence-electron chi connectivity index (χ0n) is 11.6. The van der Waals surface area contributed by atoms with Crippen LogP contribution in [0.25, 0.3) is 0 Å². The van der Waals surface area contributed by atoms with Gasteiger partial charge in [-0.15, -0.1) is 0 Å². The smallest absolute Gasteiger partial charge is 0.168 e. The number of hydrogen-bond donors (Lipinski definition) is 1. The molecule has 0 heterocycles. The van der Waals surface area contributed by atoms with Crippen LogP contribution in [0.4, 0.5) is 0 Å². The molecule has 1 aliphatic carbocycles. The van der Waals surface area contributed by atoms with Crippen molar-refractivity contribution in [2.75, 3.05) is 5.33 Å². The average Bonchev–Trinajstić information content (AvgIpc) is 2.30. The SMILES string of the molecule is C/C=C(\C=C/CBr)N=CC1=C(O)CC(C)(C)CC1=O. The Hall–Kier alpha value is -1.16. The van der Waals surface area contributed by atoms with Gasteiger partial charge < -0.3 is 5.11 Å². The van der Waals surface area contributed by atoms with Crippen LogP contribution in [0.15, 0.2) is 40.2 Å². The standard InChI is InChI=1S/C15H20BrNO2/c1-4-11(6-5-7-16)17-10-12-13(18)8-15(2,3)9-14(12)19/h4-6,10,18H,7-9H2,1-3H3/b6-5-,11-4+,17-10?. The molecule has 0 aromatic rings. The molecule has 0 saturated carbocycles. The molecule has 1 aliphatic rings. The molecule has 0 aromatic heterocycles. The maximum Gasteiger partial charge on any atom is 0.168 e. The first-order valence-electron chi connectivity index (χ1n) is 6.28. The second-order valence-electron chi connectivity index (χ2n) is 5.33. The fourth-order valence-electron chi connectivity index (χ4n) is 1.97. The van der Waals surface area contributed by atoms with Crippen LogP contribution >= 0.6 is 15.9 Å². The average molecular weight is 326 g/mol. The molecule has 0 aliphatic heterocycles. The van der Waals surface area contributed by atoms with Crippen LogP contribution in [-0.2, 0) is 4.79 Å². The van der Waals surface area contributed by atoms with Gasteiger partial charge in [0.2, 0.25) is 0 Å². The zero-order chi connectivity index (χ0) is 14.5. The second-order valence-corrected chi connectivity index (χ2v) is 5.98. The van der Waals surface area contributed by atoms with Crippen LogP contribution in [0.1, 0.15) is 33.6 Å². The zero-order valence-corrected chi connectivity index (χ0v) is 13.2. The third-order valence-electron chi connectivity index (χ3n) is 2.91. The van der Waals surface area contributed by atoms with Crippen molar-refractivity contribution in [3.05, 3.63) is 35.3 Å². The van der Waals surface area contributed by atoms with E-state index in [1.165, 1.54) is 6.21 Å². The van der Waals surface area contributed by atoms with E-state index in [9.17, 15) is 9.90 Å². The van der Waals surface area contributed by atoms with Crippen molar-refractivity contribution in [3.63, 3.8) is 0 Å². The summed E-state index contributed by atoms with van der Waals surface area (Å²) in [7, 11) is 0. The van der Waals surface area contributed by atoms with Gasteiger partial charge in [0, 0.05) is 24.4 Å². The van der Waals surface area contributed by atoms with E-state index in [4.69, 9.17) is 0 Å². The molecule has 0 spiro atoms. The van der Waals surface area contributed by atoms with Crippen LogP contribution < -0.4 is 0 Å². The lowest BCUT2D eigenvalue weighted by atomic mass is 9.77. The fraction of sp³-hybridized carbons (Fsp3) is 0.467. The minimum atomic E-state index is -0.169. The van der Waals surface area contributed by atoms with E-state index in [0.29, 0.717) is 18.4 Å². The van der Waals surface area contributed by atoms with Gasteiger partial charge >= 0.3 is 0 Å². The molecule has 104 valence electrons. The molecule has 19 heavy (non-hydrogen) atoms. The van der Waals surface area contributed by atoms with E-state index in [-0.39, 0.29) is 17.0 Å². The number of allylic oxidation sites excluding steroid dienone is 5. The van der Waals surface area contributed by atoms with Gasteiger partial charge in [0.15, 0.2) is 5.78 Å². The van der Waals surface area contributed by atoms with E-state index in [2.05, 4.69) is 20.9 Å². The summed E-state index contributed by atoms with van der Waals surface area (Å²) in [6, 6.07) is 0. The molecule has 0 bridgehead atoms. The van der Waals surface area contributed by atoms with E-state index < -0.39 is 0 Å². The van der Waals surface area contributed by atoms with Crippen LogP contribution in [0.3, 0.4) is 0 Å². The Labute approximate surface area is 122 Å². The number of carbonyl (C=O) groups is 1. The topological polar surface area (TPSA) is 49.7 Å². The molecular formula is C15H20BrNO2. The molecule has 0 fully saturated rings. The van der Waals surface area contributed by atoms with Crippen molar-refractivity contribution in [2.24, 2.45) is 10.4 Å². The quantitative estimate of drug-likeness (QED) is 0.480. The summed E-state index contributed by atoms with van der Waals surface area (Å²) in [5, 5.41) is 10.7. The Morgan fingerprint density at radius 1 is 1.47 bits per heavy atom. The molecule has 4 heteroatoms. The van der Waals surface area contributed by atoms with Gasteiger partial charge in [0.25, 0.3) is 0 Å². The fourth-order valence-corrected chi connectivity index (χ4v) is 2.15. The minimum absolute atomic E-state index is 0.0441. The lowest BCUT2D eigenvalue weighted by Crippen LogP contribution is -2.26. The first-order valence-corrected chi connectivity index (χ1v) is 7.40. The number of rotatable bonds is 4. The predicted molar refractivity (Wildman–Crippen MR) is 82.9 cm³/mol. The van der Waals surface area contributed by atoms with Crippen LogP contribution in [-0.4, -0.2) is 22.4 Å². The van der Waals surface area contributed by atoms with Gasteiger partial charge in [-0.3, -0.25) is 9.79 Å². The first kappa shape index (κ1) is 15.9. The molecule has 0 unspecified atom stereocenters. The van der Waals surface area contributed by atoms with E-state index in [1.807, 2.05) is 39.0 Å². The van der Waals surface area contributed by atoms with Gasteiger partial charge in [-0.2, -0.15) is 0 Å². The highest BCUT2D eigenvalue weighted by atomic mass is 79.9. The highest BCUT2D eigenvalue weighted by molar-refractivity contribution is 9.09. The predicted octanol–water partition coefficient (Wildman–Crippen LogP) is 4.11. The summed E-state index contributed by atoms with van der Waals surface area (Å²) in [5.74, 6) is 0.0994. The van der Waals surface area contributed by atoms with Gasteiger partial charge in [-0.25, -0.2) is 0 Å². The van der Waals surface area contributed by atoms with Gasteiger partial charge in [-0.1, -0.05) is 41.9 Å². The van der Waals surface area contributed by atoms with Crippen LogP contribution in [0.2, 0.25) is 0 Å². The van der Waals surface area contributed by atoms with Gasteiger partial charge in [-0.05, 0) is 18.4 Å². The van der Waals surface area contributed by atoms with Crippen molar-refractivity contribution in [1.29, 1.82) is 0 Å². The number of aliphatic hydroxyl groups excluding tert-OH is 1. The third-order valence-corrected chi connectivity index (χ3v) is 3.29. The number of hydrogen-bond acceptors (Lipinski definition) is 3. The van der Waals surface area contributed by atoms with E-state index in [0.717, 1.165) is 11.0 Å². The van der Waals surface area contributed by atoms with Crippen molar-refractivity contribution in [3.8, 4) is 0 Å². The molecule has 1 N–H and O–H groups in total. The number of halogens is 1. The molecule has 0 atom stereocenters. The molecule has 3 nitrogen and oxygen atoms in total. The number of alkyl halides is 1. The molecule has 0 radical (unpaired) electrons. The molecule has 0 aromatic carbocycles. The summed E-state index contributed by atoms with van der Waals surface area (Å²) < 4.78 is 0. The Morgan fingerprint density at radius 2 is 2.16 bits per heavy atom. The number of Topliss-reactive ketones (excluding diaryl/α,β-unsaturated/α-hetero) is 1. The van der Waals surface area contributed by atoms with Crippen molar-refractivity contribution in [2.45, 2.75) is 33.6 Å². The van der Waals surface area contributed by atoms with E-state index in [1.54, 1.807) is 0 Å². The summed E-state index contributed by atoms with van der Waals surface area (Å²) in [6.45, 7) is 5.83. The summed E-state index contributed by atoms with van der Waals surface area (Å²) >= 11 is 3.30. The Morgan fingerprint density at radius 3 is 2.68 bits per heavy atom. The number of aliphatic imine (C=N–C) groups is 1. The Bertz CT molecular complexity index is 471. The highest BCUT2D eigenvalue weighted by Gasteiger charge is 2.32. The Kier molecular flexibility index (Phi) is 5.73. The summed E-state index contributed by atoms with van der Waals surface area (Å²) in [4.78, 5) is 16.2. The third kappa shape index (κ3) is 4.78. The second kappa shape index (κ2) is 6.85. The normalized spacial score (nSPS) is 20.8. The molecule has 0 amide bonds. The van der Waals surface area contributed by atoms with Gasteiger partial charge in [0.1, 0.15) is 5.76 Å². The largest absolute Gasteiger partial charge is 0.511 e. The summed E-state index contributed by atoms with van der Waals surface area (Å²) in [6.07, 6.45) is 8.07. The number of ketones is 1.